The molecule has 0 nitrogen and oxygen atoms in total. The number of benzene rings is 1. The maximum Gasteiger partial charge on any atom is -0.0126 e. The molecule has 0 saturated carbocycles. The minimum atomic E-state index is 0.237. The fourth-order valence-electron chi connectivity index (χ4n) is 2.42. The molecular weight excluding hydrogens is 192 g/mol. The highest BCUT2D eigenvalue weighted by Crippen LogP contribution is 2.36. The summed E-state index contributed by atoms with van der Waals surface area (Å²) in [5.74, 6) is 1.21. The third kappa shape index (κ3) is 2.66. The van der Waals surface area contributed by atoms with E-state index in [-0.39, 0.29) is 5.41 Å². The predicted octanol–water partition coefficient (Wildman–Crippen LogP) is 5.23. The zero-order valence-corrected chi connectivity index (χ0v) is 11.9. The molecule has 0 spiro atoms. The van der Waals surface area contributed by atoms with Gasteiger partial charge in [0.1, 0.15) is 0 Å². The average molecular weight is 218 g/mol. The molecule has 0 aromatic heterocycles. The Labute approximate surface area is 101 Å². The number of hydrogen-bond acceptors (Lipinski definition) is 0. The summed E-state index contributed by atoms with van der Waals surface area (Å²) >= 11 is 0. The van der Waals surface area contributed by atoms with Crippen LogP contribution in [0.15, 0.2) is 18.2 Å². The summed E-state index contributed by atoms with van der Waals surface area (Å²) in [7, 11) is 0. The molecular formula is C16H26. The Morgan fingerprint density at radius 1 is 0.812 bits per heavy atom. The Bertz CT molecular complexity index is 325. The largest absolute Gasteiger partial charge is 0.0617 e. The molecule has 0 atom stereocenters. The number of rotatable bonds is 2. The van der Waals surface area contributed by atoms with Gasteiger partial charge in [-0.1, -0.05) is 66.7 Å². The lowest BCUT2D eigenvalue weighted by atomic mass is 9.75. The van der Waals surface area contributed by atoms with E-state index in [2.05, 4.69) is 66.7 Å². The molecule has 0 aliphatic heterocycles. The van der Waals surface area contributed by atoms with Crippen LogP contribution in [0.25, 0.3) is 0 Å². The normalized spacial score (nSPS) is 12.6. The molecule has 0 bridgehead atoms. The van der Waals surface area contributed by atoms with Crippen LogP contribution >= 0.6 is 0 Å². The minimum Gasteiger partial charge on any atom is -0.0617 e. The lowest BCUT2D eigenvalue weighted by Crippen LogP contribution is -2.18. The second-order valence-electron chi connectivity index (χ2n) is 6.37. The Hall–Kier alpha value is -0.780. The molecule has 0 amide bonds. The maximum absolute atomic E-state index is 2.32. The second-order valence-corrected chi connectivity index (χ2v) is 6.37. The first-order chi connectivity index (χ1) is 7.25. The van der Waals surface area contributed by atoms with Crippen LogP contribution < -0.4 is 0 Å². The van der Waals surface area contributed by atoms with Crippen LogP contribution in [-0.2, 0) is 5.41 Å². The zero-order chi connectivity index (χ0) is 12.5. The summed E-state index contributed by atoms with van der Waals surface area (Å²) in [6.45, 7) is 16.1. The summed E-state index contributed by atoms with van der Waals surface area (Å²) in [6, 6.07) is 6.79. The van der Waals surface area contributed by atoms with Gasteiger partial charge in [-0.3, -0.25) is 0 Å². The summed E-state index contributed by atoms with van der Waals surface area (Å²) in [6.07, 6.45) is 0. The van der Waals surface area contributed by atoms with Crippen LogP contribution in [0.1, 0.15) is 77.0 Å². The zero-order valence-electron chi connectivity index (χ0n) is 11.9. The van der Waals surface area contributed by atoms with Gasteiger partial charge in [0, 0.05) is 0 Å². The Morgan fingerprint density at radius 2 is 1.19 bits per heavy atom. The highest BCUT2D eigenvalue weighted by molar-refractivity contribution is 5.43. The van der Waals surface area contributed by atoms with Crippen molar-refractivity contribution in [1.29, 1.82) is 0 Å². The van der Waals surface area contributed by atoms with Gasteiger partial charge >= 0.3 is 0 Å². The molecule has 0 saturated heterocycles. The van der Waals surface area contributed by atoms with E-state index in [9.17, 15) is 0 Å². The van der Waals surface area contributed by atoms with Gasteiger partial charge < -0.3 is 0 Å². The molecule has 0 aliphatic carbocycles. The topological polar surface area (TPSA) is 0 Å². The summed E-state index contributed by atoms with van der Waals surface area (Å²) in [4.78, 5) is 0. The van der Waals surface area contributed by atoms with Crippen LogP contribution in [0.2, 0.25) is 0 Å². The fourth-order valence-corrected chi connectivity index (χ4v) is 2.42. The van der Waals surface area contributed by atoms with E-state index in [1.165, 1.54) is 11.1 Å². The molecule has 0 aliphatic rings. The third-order valence-electron chi connectivity index (χ3n) is 3.12. The molecule has 1 rings (SSSR count). The molecule has 1 aromatic rings. The standard InChI is InChI=1S/C16H26/c1-11(2)13-9-8-10-14(12(3)4)15(13)16(5,6)7/h8-12H,1-7H3. The average Bonchev–Trinajstić information content (AvgIpc) is 2.15. The Morgan fingerprint density at radius 3 is 1.44 bits per heavy atom. The molecule has 0 heteroatoms. The first-order valence-corrected chi connectivity index (χ1v) is 6.38. The van der Waals surface area contributed by atoms with Gasteiger partial charge in [0.15, 0.2) is 0 Å². The maximum atomic E-state index is 2.32. The fraction of sp³-hybridized carbons (Fsp3) is 0.625. The monoisotopic (exact) mass is 218 g/mol. The van der Waals surface area contributed by atoms with Crippen molar-refractivity contribution in [2.75, 3.05) is 0 Å². The molecule has 0 N–H and O–H groups in total. The van der Waals surface area contributed by atoms with Crippen LogP contribution in [0.4, 0.5) is 0 Å². The van der Waals surface area contributed by atoms with Crippen molar-refractivity contribution in [3.8, 4) is 0 Å². The SMILES string of the molecule is CC(C)c1cccc(C(C)C)c1C(C)(C)C. The molecule has 0 radical (unpaired) electrons. The van der Waals surface area contributed by atoms with Crippen molar-refractivity contribution in [3.63, 3.8) is 0 Å². The van der Waals surface area contributed by atoms with Crippen molar-refractivity contribution in [1.82, 2.24) is 0 Å². The summed E-state index contributed by atoms with van der Waals surface area (Å²) in [5.41, 5.74) is 4.82. The van der Waals surface area contributed by atoms with E-state index in [4.69, 9.17) is 0 Å². The molecule has 16 heavy (non-hydrogen) atoms. The van der Waals surface area contributed by atoms with Crippen molar-refractivity contribution >= 4 is 0 Å². The predicted molar refractivity (Wildman–Crippen MR) is 73.3 cm³/mol. The molecule has 0 unspecified atom stereocenters. The van der Waals surface area contributed by atoms with Crippen LogP contribution in [0, 0.1) is 0 Å². The van der Waals surface area contributed by atoms with Gasteiger partial charge in [0.25, 0.3) is 0 Å². The Balaban J connectivity index is 3.48. The van der Waals surface area contributed by atoms with Crippen molar-refractivity contribution in [3.05, 3.63) is 34.9 Å². The van der Waals surface area contributed by atoms with Gasteiger partial charge in [-0.2, -0.15) is 0 Å². The van der Waals surface area contributed by atoms with Gasteiger partial charge in [0.2, 0.25) is 0 Å². The first-order valence-electron chi connectivity index (χ1n) is 6.38. The molecule has 1 aromatic carbocycles. The minimum absolute atomic E-state index is 0.237. The lowest BCUT2D eigenvalue weighted by Gasteiger charge is -2.29. The van der Waals surface area contributed by atoms with E-state index < -0.39 is 0 Å². The summed E-state index contributed by atoms with van der Waals surface area (Å²) in [5, 5.41) is 0. The first kappa shape index (κ1) is 13.3. The van der Waals surface area contributed by atoms with Gasteiger partial charge in [-0.05, 0) is 33.9 Å². The van der Waals surface area contributed by atoms with Gasteiger partial charge in [-0.25, -0.2) is 0 Å². The van der Waals surface area contributed by atoms with E-state index in [1.807, 2.05) is 0 Å². The van der Waals surface area contributed by atoms with E-state index >= 15 is 0 Å². The van der Waals surface area contributed by atoms with E-state index in [1.54, 1.807) is 5.56 Å². The molecule has 0 heterocycles. The molecule has 90 valence electrons. The lowest BCUT2D eigenvalue weighted by molar-refractivity contribution is 0.564. The van der Waals surface area contributed by atoms with Crippen LogP contribution in [0.3, 0.4) is 0 Å². The Kier molecular flexibility index (Phi) is 3.83. The van der Waals surface area contributed by atoms with Crippen molar-refractivity contribution in [2.45, 2.75) is 65.7 Å². The van der Waals surface area contributed by atoms with Gasteiger partial charge in [-0.15, -0.1) is 0 Å². The third-order valence-corrected chi connectivity index (χ3v) is 3.12. The van der Waals surface area contributed by atoms with Crippen LogP contribution in [0.5, 0.6) is 0 Å². The smallest absolute Gasteiger partial charge is 0.0126 e. The van der Waals surface area contributed by atoms with Crippen LogP contribution in [-0.4, -0.2) is 0 Å². The summed E-state index contributed by atoms with van der Waals surface area (Å²) < 4.78 is 0. The van der Waals surface area contributed by atoms with Crippen molar-refractivity contribution in [2.24, 2.45) is 0 Å². The van der Waals surface area contributed by atoms with Gasteiger partial charge in [0.05, 0.1) is 0 Å². The van der Waals surface area contributed by atoms with E-state index in [0.717, 1.165) is 0 Å². The van der Waals surface area contributed by atoms with E-state index in [0.29, 0.717) is 11.8 Å². The highest BCUT2D eigenvalue weighted by atomic mass is 14.3. The second kappa shape index (κ2) is 4.61. The highest BCUT2D eigenvalue weighted by Gasteiger charge is 2.23. The number of hydrogen-bond donors (Lipinski definition) is 0. The van der Waals surface area contributed by atoms with Crippen molar-refractivity contribution < 1.29 is 0 Å². The quantitative estimate of drug-likeness (QED) is 0.637. The molecule has 0 fully saturated rings.